The Labute approximate surface area is 128 Å². The van der Waals surface area contributed by atoms with E-state index in [1.807, 2.05) is 0 Å². The minimum atomic E-state index is -0.156. The summed E-state index contributed by atoms with van der Waals surface area (Å²) >= 11 is 0. The van der Waals surface area contributed by atoms with Crippen molar-refractivity contribution < 1.29 is 9.47 Å². The van der Waals surface area contributed by atoms with Crippen LogP contribution in [0.1, 0.15) is 12.8 Å². The molecule has 2 unspecified atom stereocenters. The Hall–Kier alpha value is -2.28. The van der Waals surface area contributed by atoms with Crippen molar-refractivity contribution in [2.24, 2.45) is 0 Å². The highest BCUT2D eigenvalue weighted by Gasteiger charge is 2.47. The minimum Gasteiger partial charge on any atom is -0.458 e. The van der Waals surface area contributed by atoms with Gasteiger partial charge >= 0.3 is 6.01 Å². The number of ether oxygens (including phenoxy) is 2. The Balaban J connectivity index is 1.40. The molecule has 0 bridgehead atoms. The first-order valence-electron chi connectivity index (χ1n) is 7.42. The van der Waals surface area contributed by atoms with Crippen LogP contribution in [0.2, 0.25) is 0 Å². The van der Waals surface area contributed by atoms with Crippen LogP contribution in [-0.2, 0) is 4.74 Å². The standard InChI is InChI=1S/C15H17N5O2/c1-3-18-14(19-4-1)22-12-8-15(21-10-12)2-7-20(11-15)13-9-16-5-6-17-13/h1,3-6,9,12H,2,7-8,10-11H2. The predicted octanol–water partition coefficient (Wildman–Crippen LogP) is 1.08. The monoisotopic (exact) mass is 299 g/mol. The van der Waals surface area contributed by atoms with E-state index >= 15 is 0 Å². The summed E-state index contributed by atoms with van der Waals surface area (Å²) in [5.41, 5.74) is -0.156. The van der Waals surface area contributed by atoms with E-state index in [4.69, 9.17) is 9.47 Å². The molecule has 2 aromatic heterocycles. The summed E-state index contributed by atoms with van der Waals surface area (Å²) in [6, 6.07) is 2.19. The van der Waals surface area contributed by atoms with E-state index in [1.54, 1.807) is 37.1 Å². The van der Waals surface area contributed by atoms with Gasteiger partial charge in [0.25, 0.3) is 0 Å². The van der Waals surface area contributed by atoms with Crippen molar-refractivity contribution in [3.63, 3.8) is 0 Å². The fraction of sp³-hybridized carbons (Fsp3) is 0.467. The fourth-order valence-electron chi connectivity index (χ4n) is 3.15. The van der Waals surface area contributed by atoms with E-state index in [0.29, 0.717) is 12.6 Å². The molecule has 2 aliphatic rings. The van der Waals surface area contributed by atoms with Crippen molar-refractivity contribution in [2.75, 3.05) is 24.6 Å². The van der Waals surface area contributed by atoms with Crippen molar-refractivity contribution in [3.05, 3.63) is 37.1 Å². The number of rotatable bonds is 3. The molecule has 22 heavy (non-hydrogen) atoms. The predicted molar refractivity (Wildman–Crippen MR) is 78.6 cm³/mol. The summed E-state index contributed by atoms with van der Waals surface area (Å²) in [6.07, 6.45) is 10.4. The van der Waals surface area contributed by atoms with Gasteiger partial charge < -0.3 is 14.4 Å². The third kappa shape index (κ3) is 2.59. The Morgan fingerprint density at radius 2 is 2.09 bits per heavy atom. The molecule has 2 saturated heterocycles. The lowest BCUT2D eigenvalue weighted by atomic mass is 9.98. The van der Waals surface area contributed by atoms with Crippen molar-refractivity contribution in [3.8, 4) is 6.01 Å². The van der Waals surface area contributed by atoms with Gasteiger partial charge in [-0.3, -0.25) is 4.98 Å². The zero-order valence-corrected chi connectivity index (χ0v) is 12.1. The molecule has 0 N–H and O–H groups in total. The second-order valence-corrected chi connectivity index (χ2v) is 5.70. The van der Waals surface area contributed by atoms with Crippen LogP contribution >= 0.6 is 0 Å². The minimum absolute atomic E-state index is 0.00390. The molecule has 2 atom stereocenters. The van der Waals surface area contributed by atoms with E-state index in [9.17, 15) is 0 Å². The summed E-state index contributed by atoms with van der Waals surface area (Å²) in [6.45, 7) is 2.32. The molecule has 7 nitrogen and oxygen atoms in total. The molecule has 2 fully saturated rings. The summed E-state index contributed by atoms with van der Waals surface area (Å²) in [4.78, 5) is 18.9. The van der Waals surface area contributed by atoms with Gasteiger partial charge in [-0.1, -0.05) is 0 Å². The quantitative estimate of drug-likeness (QED) is 0.839. The van der Waals surface area contributed by atoms with Gasteiger partial charge in [0.15, 0.2) is 0 Å². The molecular weight excluding hydrogens is 282 g/mol. The first-order chi connectivity index (χ1) is 10.8. The highest BCUT2D eigenvalue weighted by molar-refractivity contribution is 5.38. The molecule has 0 aliphatic carbocycles. The van der Waals surface area contributed by atoms with Gasteiger partial charge in [-0.05, 0) is 12.5 Å². The molecular formula is C15H17N5O2. The van der Waals surface area contributed by atoms with E-state index in [1.165, 1.54) is 0 Å². The molecule has 0 saturated carbocycles. The van der Waals surface area contributed by atoms with Gasteiger partial charge in [0.05, 0.1) is 18.4 Å². The Morgan fingerprint density at radius 1 is 1.18 bits per heavy atom. The smallest absolute Gasteiger partial charge is 0.316 e. The maximum atomic E-state index is 6.07. The lowest BCUT2D eigenvalue weighted by molar-refractivity contribution is 0.0192. The molecule has 4 rings (SSSR count). The number of anilines is 1. The highest BCUT2D eigenvalue weighted by atomic mass is 16.6. The first kappa shape index (κ1) is 13.4. The average molecular weight is 299 g/mol. The number of aromatic nitrogens is 4. The van der Waals surface area contributed by atoms with Gasteiger partial charge in [0.1, 0.15) is 11.9 Å². The zero-order chi connectivity index (χ0) is 14.8. The van der Waals surface area contributed by atoms with Gasteiger partial charge in [0.2, 0.25) is 0 Å². The topological polar surface area (TPSA) is 73.3 Å². The molecule has 2 aliphatic heterocycles. The van der Waals surface area contributed by atoms with Crippen LogP contribution < -0.4 is 9.64 Å². The van der Waals surface area contributed by atoms with E-state index < -0.39 is 0 Å². The van der Waals surface area contributed by atoms with E-state index in [2.05, 4.69) is 24.8 Å². The van der Waals surface area contributed by atoms with Crippen molar-refractivity contribution in [1.82, 2.24) is 19.9 Å². The molecule has 1 spiro atoms. The van der Waals surface area contributed by atoms with Crippen LogP contribution in [0.4, 0.5) is 5.82 Å². The van der Waals surface area contributed by atoms with Crippen molar-refractivity contribution >= 4 is 5.82 Å². The average Bonchev–Trinajstić information content (AvgIpc) is 3.17. The van der Waals surface area contributed by atoms with Crippen LogP contribution in [0.5, 0.6) is 6.01 Å². The third-order valence-corrected chi connectivity index (χ3v) is 4.18. The van der Waals surface area contributed by atoms with Gasteiger partial charge in [0, 0.05) is 44.3 Å². The second kappa shape index (κ2) is 5.49. The van der Waals surface area contributed by atoms with Crippen LogP contribution in [0.15, 0.2) is 37.1 Å². The lowest BCUT2D eigenvalue weighted by Crippen LogP contribution is -2.33. The summed E-state index contributed by atoms with van der Waals surface area (Å²) < 4.78 is 11.9. The molecule has 0 amide bonds. The van der Waals surface area contributed by atoms with Crippen LogP contribution in [-0.4, -0.2) is 51.3 Å². The number of hydrogen-bond acceptors (Lipinski definition) is 7. The summed E-state index contributed by atoms with van der Waals surface area (Å²) in [5.74, 6) is 0.902. The van der Waals surface area contributed by atoms with E-state index in [0.717, 1.165) is 31.7 Å². The van der Waals surface area contributed by atoms with Crippen LogP contribution in [0, 0.1) is 0 Å². The molecule has 0 aromatic carbocycles. The van der Waals surface area contributed by atoms with Crippen LogP contribution in [0.25, 0.3) is 0 Å². The normalized spacial score (nSPS) is 27.5. The maximum absolute atomic E-state index is 6.07. The third-order valence-electron chi connectivity index (χ3n) is 4.18. The summed E-state index contributed by atoms with van der Waals surface area (Å²) in [5, 5.41) is 0. The fourth-order valence-corrected chi connectivity index (χ4v) is 3.15. The maximum Gasteiger partial charge on any atom is 0.316 e. The van der Waals surface area contributed by atoms with Gasteiger partial charge in [-0.15, -0.1) is 0 Å². The first-order valence-corrected chi connectivity index (χ1v) is 7.42. The summed E-state index contributed by atoms with van der Waals surface area (Å²) in [7, 11) is 0. The number of hydrogen-bond donors (Lipinski definition) is 0. The molecule has 2 aromatic rings. The van der Waals surface area contributed by atoms with Crippen LogP contribution in [0.3, 0.4) is 0 Å². The molecule has 114 valence electrons. The Kier molecular flexibility index (Phi) is 3.34. The van der Waals surface area contributed by atoms with Gasteiger partial charge in [-0.25, -0.2) is 15.0 Å². The van der Waals surface area contributed by atoms with Gasteiger partial charge in [-0.2, -0.15) is 0 Å². The van der Waals surface area contributed by atoms with E-state index in [-0.39, 0.29) is 11.7 Å². The lowest BCUT2D eigenvalue weighted by Gasteiger charge is -2.23. The Bertz CT molecular complexity index is 626. The molecule has 4 heterocycles. The largest absolute Gasteiger partial charge is 0.458 e. The van der Waals surface area contributed by atoms with Crippen molar-refractivity contribution in [1.29, 1.82) is 0 Å². The number of nitrogens with zero attached hydrogens (tertiary/aromatic N) is 5. The second-order valence-electron chi connectivity index (χ2n) is 5.70. The van der Waals surface area contributed by atoms with Crippen molar-refractivity contribution in [2.45, 2.75) is 24.5 Å². The highest BCUT2D eigenvalue weighted by Crippen LogP contribution is 2.37. The molecule has 7 heteroatoms. The zero-order valence-electron chi connectivity index (χ0n) is 12.1. The molecule has 0 radical (unpaired) electrons. The SMILES string of the molecule is c1cnc(OC2COC3(CCN(c4cnccn4)C3)C2)nc1. The Morgan fingerprint density at radius 3 is 2.91 bits per heavy atom.